The fraction of sp³-hybridized carbons (Fsp3) is 0.348. The maximum absolute atomic E-state index is 6.11. The summed E-state index contributed by atoms with van der Waals surface area (Å²) in [4.78, 5) is 4.69. The van der Waals surface area contributed by atoms with Crippen molar-refractivity contribution in [1.82, 2.24) is 14.9 Å². The van der Waals surface area contributed by atoms with Crippen LogP contribution < -0.4 is 10.6 Å². The Balaban J connectivity index is 1.58. The van der Waals surface area contributed by atoms with Gasteiger partial charge in [-0.3, -0.25) is 0 Å². The summed E-state index contributed by atoms with van der Waals surface area (Å²) in [6.45, 7) is 5.30. The molecule has 28 heavy (non-hydrogen) atoms. The van der Waals surface area contributed by atoms with Crippen LogP contribution in [0.1, 0.15) is 37.7 Å². The van der Waals surface area contributed by atoms with E-state index in [1.807, 2.05) is 30.5 Å². The van der Waals surface area contributed by atoms with Gasteiger partial charge in [0.15, 0.2) is 0 Å². The Morgan fingerprint density at radius 2 is 2.07 bits per heavy atom. The lowest BCUT2D eigenvalue weighted by Crippen LogP contribution is -2.23. The van der Waals surface area contributed by atoms with Crippen molar-refractivity contribution in [3.63, 3.8) is 0 Å². The molecule has 4 nitrogen and oxygen atoms in total. The first-order valence-electron chi connectivity index (χ1n) is 10.0. The Kier molecular flexibility index (Phi) is 5.58. The van der Waals surface area contributed by atoms with E-state index < -0.39 is 0 Å². The van der Waals surface area contributed by atoms with Gasteiger partial charge in [-0.1, -0.05) is 43.5 Å². The molecule has 1 aliphatic carbocycles. The number of hydrogen-bond donors (Lipinski definition) is 2. The maximum atomic E-state index is 6.11. The third-order valence-corrected chi connectivity index (χ3v) is 5.88. The average molecular weight is 395 g/mol. The zero-order valence-electron chi connectivity index (χ0n) is 16.3. The van der Waals surface area contributed by atoms with Crippen LogP contribution in [-0.2, 0) is 7.05 Å². The zero-order chi connectivity index (χ0) is 19.5. The van der Waals surface area contributed by atoms with Gasteiger partial charge in [-0.25, -0.2) is 4.98 Å². The number of hydrogen-bond acceptors (Lipinski definition) is 3. The predicted octanol–water partition coefficient (Wildman–Crippen LogP) is 6.11. The Morgan fingerprint density at radius 1 is 1.25 bits per heavy atom. The minimum atomic E-state index is 0.700. The minimum absolute atomic E-state index is 0.700. The number of nitrogens with one attached hydrogen (secondary N) is 2. The quantitative estimate of drug-likeness (QED) is 0.529. The van der Waals surface area contributed by atoms with Gasteiger partial charge in [0.05, 0.1) is 5.52 Å². The zero-order valence-corrected chi connectivity index (χ0v) is 17.1. The summed E-state index contributed by atoms with van der Waals surface area (Å²) in [6, 6.07) is 9.77. The maximum Gasteiger partial charge on any atom is 0.139 e. The number of halogens is 1. The number of benzene rings is 1. The number of rotatable bonds is 6. The topological polar surface area (TPSA) is 41.9 Å². The van der Waals surface area contributed by atoms with Crippen molar-refractivity contribution in [2.45, 2.75) is 32.1 Å². The van der Waals surface area contributed by atoms with Crippen LogP contribution in [-0.4, -0.2) is 16.1 Å². The van der Waals surface area contributed by atoms with Crippen LogP contribution in [0.4, 0.5) is 11.5 Å². The molecule has 2 aromatic heterocycles. The molecule has 1 aliphatic rings. The lowest BCUT2D eigenvalue weighted by atomic mass is 9.89. The second-order valence-electron chi connectivity index (χ2n) is 7.71. The summed E-state index contributed by atoms with van der Waals surface area (Å²) < 4.78 is 2.13. The molecule has 3 aromatic rings. The van der Waals surface area contributed by atoms with E-state index in [2.05, 4.69) is 41.1 Å². The monoisotopic (exact) mass is 394 g/mol. The Morgan fingerprint density at radius 3 is 2.86 bits per heavy atom. The molecule has 2 N–H and O–H groups in total. The van der Waals surface area contributed by atoms with Gasteiger partial charge < -0.3 is 15.2 Å². The van der Waals surface area contributed by atoms with Gasteiger partial charge in [0.2, 0.25) is 0 Å². The van der Waals surface area contributed by atoms with Crippen molar-refractivity contribution in [2.24, 2.45) is 13.0 Å². The van der Waals surface area contributed by atoms with E-state index in [0.717, 1.165) is 46.1 Å². The lowest BCUT2D eigenvalue weighted by Gasteiger charge is -2.23. The molecule has 1 fully saturated rings. The molecule has 1 saturated carbocycles. The molecule has 0 radical (unpaired) electrons. The predicted molar refractivity (Wildman–Crippen MR) is 119 cm³/mol. The SMILES string of the molecule is C=C(NCC1CCCCC1)c1cnc(Nc2cccc(Cl)c2)c2ccn(C)c12. The highest BCUT2D eigenvalue weighted by atomic mass is 35.5. The third kappa shape index (κ3) is 4.02. The summed E-state index contributed by atoms with van der Waals surface area (Å²) >= 11 is 6.11. The molecule has 5 heteroatoms. The van der Waals surface area contributed by atoms with Crippen LogP contribution >= 0.6 is 11.6 Å². The molecule has 2 heterocycles. The number of nitrogens with zero attached hydrogens (tertiary/aromatic N) is 2. The molecule has 0 saturated heterocycles. The van der Waals surface area contributed by atoms with Gasteiger partial charge in [0.1, 0.15) is 5.82 Å². The van der Waals surface area contributed by atoms with Crippen molar-refractivity contribution < 1.29 is 0 Å². The first kappa shape index (κ1) is 18.9. The van der Waals surface area contributed by atoms with E-state index in [0.29, 0.717) is 5.02 Å². The van der Waals surface area contributed by atoms with Crippen molar-refractivity contribution in [3.8, 4) is 0 Å². The highest BCUT2D eigenvalue weighted by Crippen LogP contribution is 2.31. The van der Waals surface area contributed by atoms with E-state index in [1.54, 1.807) is 0 Å². The first-order chi connectivity index (χ1) is 13.6. The molecule has 0 bridgehead atoms. The number of pyridine rings is 1. The summed E-state index contributed by atoms with van der Waals surface area (Å²) in [5, 5.41) is 8.73. The van der Waals surface area contributed by atoms with Crippen LogP contribution in [0.3, 0.4) is 0 Å². The number of fused-ring (bicyclic) bond motifs is 1. The molecule has 1 aromatic carbocycles. The average Bonchev–Trinajstić information content (AvgIpc) is 3.10. The van der Waals surface area contributed by atoms with Crippen LogP contribution in [0.5, 0.6) is 0 Å². The molecule has 4 rings (SSSR count). The first-order valence-corrected chi connectivity index (χ1v) is 10.4. The fourth-order valence-electron chi connectivity index (χ4n) is 4.09. The van der Waals surface area contributed by atoms with Crippen LogP contribution in [0, 0.1) is 5.92 Å². The highest BCUT2D eigenvalue weighted by molar-refractivity contribution is 6.30. The van der Waals surface area contributed by atoms with Crippen molar-refractivity contribution >= 4 is 39.7 Å². The Labute approximate surface area is 171 Å². The van der Waals surface area contributed by atoms with Crippen molar-refractivity contribution in [1.29, 1.82) is 0 Å². The number of aromatic nitrogens is 2. The van der Waals surface area contributed by atoms with E-state index >= 15 is 0 Å². The standard InChI is InChI=1S/C23H27ClN4/c1-16(25-14-17-7-4-3-5-8-17)21-15-26-23(20-11-12-28(2)22(20)21)27-19-10-6-9-18(24)13-19/h6,9-13,15,17,25H,1,3-5,7-8,14H2,2H3,(H,26,27). The Hall–Kier alpha value is -2.46. The van der Waals surface area contributed by atoms with Crippen molar-refractivity contribution in [2.75, 3.05) is 11.9 Å². The normalized spacial score (nSPS) is 14.9. The van der Waals surface area contributed by atoms with E-state index in [1.165, 1.54) is 32.1 Å². The largest absolute Gasteiger partial charge is 0.385 e. The second-order valence-corrected chi connectivity index (χ2v) is 8.14. The van der Waals surface area contributed by atoms with Gasteiger partial charge in [-0.2, -0.15) is 0 Å². The summed E-state index contributed by atoms with van der Waals surface area (Å²) in [5.41, 5.74) is 4.04. The smallest absolute Gasteiger partial charge is 0.139 e. The molecule has 0 unspecified atom stereocenters. The summed E-state index contributed by atoms with van der Waals surface area (Å²) in [5.74, 6) is 1.58. The molecule has 0 amide bonds. The molecular weight excluding hydrogens is 368 g/mol. The Bertz CT molecular complexity index is 985. The fourth-order valence-corrected chi connectivity index (χ4v) is 4.28. The molecule has 0 spiro atoms. The van der Waals surface area contributed by atoms with Crippen LogP contribution in [0.2, 0.25) is 5.02 Å². The third-order valence-electron chi connectivity index (χ3n) is 5.65. The number of anilines is 2. The number of aryl methyl sites for hydroxylation is 1. The molecule has 0 aliphatic heterocycles. The van der Waals surface area contributed by atoms with Gasteiger partial charge in [0.25, 0.3) is 0 Å². The van der Waals surface area contributed by atoms with Gasteiger partial charge in [0, 0.05) is 53.3 Å². The second kappa shape index (κ2) is 8.27. The molecule has 0 atom stereocenters. The van der Waals surface area contributed by atoms with E-state index in [9.17, 15) is 0 Å². The van der Waals surface area contributed by atoms with Gasteiger partial charge in [-0.05, 0) is 43.0 Å². The van der Waals surface area contributed by atoms with Crippen LogP contribution in [0.25, 0.3) is 16.6 Å². The highest BCUT2D eigenvalue weighted by Gasteiger charge is 2.16. The van der Waals surface area contributed by atoms with Crippen LogP contribution in [0.15, 0.2) is 49.3 Å². The summed E-state index contributed by atoms with van der Waals surface area (Å²) in [7, 11) is 2.06. The van der Waals surface area contributed by atoms with Gasteiger partial charge >= 0.3 is 0 Å². The minimum Gasteiger partial charge on any atom is -0.385 e. The summed E-state index contributed by atoms with van der Waals surface area (Å²) in [6.07, 6.45) is 10.7. The van der Waals surface area contributed by atoms with E-state index in [-0.39, 0.29) is 0 Å². The van der Waals surface area contributed by atoms with E-state index in [4.69, 9.17) is 16.6 Å². The molecule has 146 valence electrons. The van der Waals surface area contributed by atoms with Gasteiger partial charge in [-0.15, -0.1) is 0 Å². The lowest BCUT2D eigenvalue weighted by molar-refractivity contribution is 0.355. The molecular formula is C23H27ClN4. The van der Waals surface area contributed by atoms with Crippen molar-refractivity contribution in [3.05, 3.63) is 59.9 Å².